The predicted molar refractivity (Wildman–Crippen MR) is 66.2 cm³/mol. The molecule has 0 aliphatic heterocycles. The van der Waals surface area contributed by atoms with Gasteiger partial charge in [0, 0.05) is 24.2 Å². The van der Waals surface area contributed by atoms with Gasteiger partial charge in [0.15, 0.2) is 5.82 Å². The van der Waals surface area contributed by atoms with E-state index in [2.05, 4.69) is 15.1 Å². The molecule has 3 aromatic rings. The van der Waals surface area contributed by atoms with Crippen molar-refractivity contribution >= 4 is 16.9 Å². The van der Waals surface area contributed by atoms with E-state index in [0.29, 0.717) is 11.8 Å². The first-order chi connectivity index (χ1) is 8.25. The summed E-state index contributed by atoms with van der Waals surface area (Å²) in [5.74, 6) is 1.00. The summed E-state index contributed by atoms with van der Waals surface area (Å²) in [6.45, 7) is 0. The van der Waals surface area contributed by atoms with Crippen LogP contribution >= 0.6 is 0 Å². The van der Waals surface area contributed by atoms with E-state index in [1.165, 1.54) is 0 Å². The highest BCUT2D eigenvalue weighted by Crippen LogP contribution is 2.24. The zero-order valence-electron chi connectivity index (χ0n) is 9.33. The highest BCUT2D eigenvalue weighted by atomic mass is 15.4. The standard InChI is InChI=1S/C12H11N5/c1-17-12(13)15-11(16-17)9-6-2-4-8-5-3-7-14-10(8)9/h2-7H,1H3,(H2,13,15,16). The SMILES string of the molecule is Cn1nc(-c2cccc3cccnc23)nc1N. The van der Waals surface area contributed by atoms with E-state index in [4.69, 9.17) is 5.73 Å². The van der Waals surface area contributed by atoms with E-state index in [1.54, 1.807) is 17.9 Å². The number of aryl methyl sites for hydroxylation is 1. The van der Waals surface area contributed by atoms with Gasteiger partial charge in [0.2, 0.25) is 5.95 Å². The number of aromatic nitrogens is 4. The van der Waals surface area contributed by atoms with Gasteiger partial charge >= 0.3 is 0 Å². The number of nitrogen functional groups attached to an aromatic ring is 1. The monoisotopic (exact) mass is 225 g/mol. The van der Waals surface area contributed by atoms with Gasteiger partial charge in [-0.05, 0) is 12.1 Å². The summed E-state index contributed by atoms with van der Waals surface area (Å²) in [4.78, 5) is 8.59. The van der Waals surface area contributed by atoms with Gasteiger partial charge in [0.25, 0.3) is 0 Å². The minimum absolute atomic E-state index is 0.396. The Morgan fingerprint density at radius 1 is 1.18 bits per heavy atom. The Bertz CT molecular complexity index is 661. The third-order valence-corrected chi connectivity index (χ3v) is 2.67. The van der Waals surface area contributed by atoms with Crippen molar-refractivity contribution in [1.82, 2.24) is 19.7 Å². The number of para-hydroxylation sites is 1. The molecule has 2 N–H and O–H groups in total. The van der Waals surface area contributed by atoms with Crippen molar-refractivity contribution in [3.8, 4) is 11.4 Å². The van der Waals surface area contributed by atoms with Crippen LogP contribution in [0.15, 0.2) is 36.5 Å². The van der Waals surface area contributed by atoms with Gasteiger partial charge in [-0.3, -0.25) is 4.98 Å². The maximum atomic E-state index is 5.69. The van der Waals surface area contributed by atoms with Crippen LogP contribution in [0.4, 0.5) is 5.95 Å². The minimum atomic E-state index is 0.396. The number of pyridine rings is 1. The molecule has 1 aromatic carbocycles. The Labute approximate surface area is 97.9 Å². The average molecular weight is 225 g/mol. The first kappa shape index (κ1) is 9.77. The molecule has 84 valence electrons. The van der Waals surface area contributed by atoms with Crippen LogP contribution in [-0.4, -0.2) is 19.7 Å². The molecule has 0 fully saturated rings. The van der Waals surface area contributed by atoms with Crippen LogP contribution in [0.1, 0.15) is 0 Å². The number of benzene rings is 1. The van der Waals surface area contributed by atoms with Crippen molar-refractivity contribution in [2.75, 3.05) is 5.73 Å². The molecule has 0 spiro atoms. The minimum Gasteiger partial charge on any atom is -0.368 e. The summed E-state index contributed by atoms with van der Waals surface area (Å²) in [6, 6.07) is 9.85. The van der Waals surface area contributed by atoms with Gasteiger partial charge in [-0.2, -0.15) is 4.98 Å². The maximum absolute atomic E-state index is 5.69. The van der Waals surface area contributed by atoms with Crippen LogP contribution in [0.2, 0.25) is 0 Å². The first-order valence-corrected chi connectivity index (χ1v) is 5.26. The fourth-order valence-corrected chi connectivity index (χ4v) is 1.80. The fourth-order valence-electron chi connectivity index (χ4n) is 1.80. The average Bonchev–Trinajstić information content (AvgIpc) is 2.69. The third kappa shape index (κ3) is 1.52. The maximum Gasteiger partial charge on any atom is 0.218 e. The number of hydrogen-bond acceptors (Lipinski definition) is 4. The molecular weight excluding hydrogens is 214 g/mol. The third-order valence-electron chi connectivity index (χ3n) is 2.67. The molecule has 5 nitrogen and oxygen atoms in total. The quantitative estimate of drug-likeness (QED) is 0.683. The lowest BCUT2D eigenvalue weighted by Crippen LogP contribution is -1.97. The molecule has 0 atom stereocenters. The summed E-state index contributed by atoms with van der Waals surface area (Å²) < 4.78 is 1.55. The smallest absolute Gasteiger partial charge is 0.218 e. The van der Waals surface area contributed by atoms with Gasteiger partial charge in [-0.25, -0.2) is 4.68 Å². The highest BCUT2D eigenvalue weighted by Gasteiger charge is 2.10. The fraction of sp³-hybridized carbons (Fsp3) is 0.0833. The molecule has 5 heteroatoms. The Hall–Kier alpha value is -2.43. The van der Waals surface area contributed by atoms with Crippen molar-refractivity contribution in [2.45, 2.75) is 0 Å². The second-order valence-electron chi connectivity index (χ2n) is 3.80. The van der Waals surface area contributed by atoms with Crippen LogP contribution in [0.3, 0.4) is 0 Å². The molecule has 3 rings (SSSR count). The van der Waals surface area contributed by atoms with Crippen LogP contribution in [0.5, 0.6) is 0 Å². The van der Waals surface area contributed by atoms with Crippen LogP contribution in [0, 0.1) is 0 Å². The summed E-state index contributed by atoms with van der Waals surface area (Å²) in [6.07, 6.45) is 1.76. The lowest BCUT2D eigenvalue weighted by Gasteiger charge is -2.00. The Kier molecular flexibility index (Phi) is 2.04. The predicted octanol–water partition coefficient (Wildman–Crippen LogP) is 1.61. The molecule has 0 aliphatic rings. The molecule has 0 saturated carbocycles. The largest absolute Gasteiger partial charge is 0.368 e. The number of nitrogens with two attached hydrogens (primary N) is 1. The molecular formula is C12H11N5. The van der Waals surface area contributed by atoms with E-state index in [9.17, 15) is 0 Å². The van der Waals surface area contributed by atoms with E-state index in [1.807, 2.05) is 30.3 Å². The van der Waals surface area contributed by atoms with Crippen molar-refractivity contribution < 1.29 is 0 Å². The Balaban J connectivity index is 2.30. The van der Waals surface area contributed by atoms with E-state index in [0.717, 1.165) is 16.5 Å². The van der Waals surface area contributed by atoms with Gasteiger partial charge in [0.1, 0.15) is 0 Å². The summed E-state index contributed by atoms with van der Waals surface area (Å²) >= 11 is 0. The lowest BCUT2D eigenvalue weighted by molar-refractivity contribution is 0.781. The number of fused-ring (bicyclic) bond motifs is 1. The second-order valence-corrected chi connectivity index (χ2v) is 3.80. The molecule has 0 unspecified atom stereocenters. The number of nitrogens with zero attached hydrogens (tertiary/aromatic N) is 4. The zero-order chi connectivity index (χ0) is 11.8. The van der Waals surface area contributed by atoms with Gasteiger partial charge < -0.3 is 5.73 Å². The molecule has 0 bridgehead atoms. The Morgan fingerprint density at radius 3 is 2.76 bits per heavy atom. The molecule has 0 radical (unpaired) electrons. The summed E-state index contributed by atoms with van der Waals surface area (Å²) in [5.41, 5.74) is 7.48. The van der Waals surface area contributed by atoms with Gasteiger partial charge in [0.05, 0.1) is 5.52 Å². The highest BCUT2D eigenvalue weighted by molar-refractivity contribution is 5.91. The van der Waals surface area contributed by atoms with Crippen molar-refractivity contribution in [3.05, 3.63) is 36.5 Å². The number of anilines is 1. The van der Waals surface area contributed by atoms with E-state index in [-0.39, 0.29) is 0 Å². The van der Waals surface area contributed by atoms with E-state index < -0.39 is 0 Å². The molecule has 2 heterocycles. The lowest BCUT2D eigenvalue weighted by atomic mass is 10.1. The van der Waals surface area contributed by atoms with E-state index >= 15 is 0 Å². The molecule has 2 aromatic heterocycles. The molecule has 0 aliphatic carbocycles. The summed E-state index contributed by atoms with van der Waals surface area (Å²) in [7, 11) is 1.77. The van der Waals surface area contributed by atoms with Crippen LogP contribution < -0.4 is 5.73 Å². The zero-order valence-corrected chi connectivity index (χ0v) is 9.33. The molecule has 17 heavy (non-hydrogen) atoms. The van der Waals surface area contributed by atoms with Crippen LogP contribution in [0.25, 0.3) is 22.3 Å². The topological polar surface area (TPSA) is 69.6 Å². The summed E-state index contributed by atoms with van der Waals surface area (Å²) in [5, 5.41) is 5.34. The number of hydrogen-bond donors (Lipinski definition) is 1. The first-order valence-electron chi connectivity index (χ1n) is 5.26. The molecule has 0 amide bonds. The molecule has 0 saturated heterocycles. The van der Waals surface area contributed by atoms with Crippen molar-refractivity contribution in [2.24, 2.45) is 7.05 Å². The van der Waals surface area contributed by atoms with Gasteiger partial charge in [-0.1, -0.05) is 18.2 Å². The van der Waals surface area contributed by atoms with Gasteiger partial charge in [-0.15, -0.1) is 5.10 Å². The van der Waals surface area contributed by atoms with Crippen molar-refractivity contribution in [1.29, 1.82) is 0 Å². The second kappa shape index (κ2) is 3.55. The normalized spacial score (nSPS) is 10.9. The van der Waals surface area contributed by atoms with Crippen molar-refractivity contribution in [3.63, 3.8) is 0 Å². The number of rotatable bonds is 1. The Morgan fingerprint density at radius 2 is 2.00 bits per heavy atom. The van der Waals surface area contributed by atoms with Crippen LogP contribution in [-0.2, 0) is 7.05 Å².